The van der Waals surface area contributed by atoms with Crippen LogP contribution in [0.15, 0.2) is 18.5 Å². The van der Waals surface area contributed by atoms with Gasteiger partial charge in [-0.15, -0.1) is 5.10 Å². The second-order valence-corrected chi connectivity index (χ2v) is 5.79. The summed E-state index contributed by atoms with van der Waals surface area (Å²) in [6.45, 7) is 6.12. The van der Waals surface area contributed by atoms with Crippen LogP contribution in [-0.4, -0.2) is 42.6 Å². The molecule has 4 rings (SSSR count). The van der Waals surface area contributed by atoms with Gasteiger partial charge in [0.1, 0.15) is 0 Å². The Morgan fingerprint density at radius 1 is 1.13 bits per heavy atom. The standard InChI is InChI=1S/C16H19N7/c1-3-14-20-16-18-10-12(11(2)23(16)21-14)13-6-7-17-15(19-13)22-8-4-5-9-22/h6-7,10H,3-5,8-9H2,1-2H3. The van der Waals surface area contributed by atoms with Gasteiger partial charge in [0.05, 0.1) is 11.4 Å². The highest BCUT2D eigenvalue weighted by molar-refractivity contribution is 5.63. The number of hydrogen-bond acceptors (Lipinski definition) is 6. The minimum absolute atomic E-state index is 0.636. The van der Waals surface area contributed by atoms with Crippen LogP contribution in [0.2, 0.25) is 0 Å². The molecule has 0 spiro atoms. The van der Waals surface area contributed by atoms with Crippen LogP contribution in [0.3, 0.4) is 0 Å². The van der Waals surface area contributed by atoms with Crippen LogP contribution in [0.5, 0.6) is 0 Å². The van der Waals surface area contributed by atoms with Gasteiger partial charge < -0.3 is 4.90 Å². The molecule has 4 heterocycles. The second kappa shape index (κ2) is 5.57. The number of anilines is 1. The Balaban J connectivity index is 1.79. The molecule has 0 aliphatic carbocycles. The molecule has 0 aromatic carbocycles. The summed E-state index contributed by atoms with van der Waals surface area (Å²) in [4.78, 5) is 20.2. The van der Waals surface area contributed by atoms with Crippen molar-refractivity contribution < 1.29 is 0 Å². The third-order valence-corrected chi connectivity index (χ3v) is 4.27. The summed E-state index contributed by atoms with van der Waals surface area (Å²) >= 11 is 0. The molecule has 0 bridgehead atoms. The molecule has 1 aliphatic rings. The van der Waals surface area contributed by atoms with E-state index in [1.807, 2.05) is 32.3 Å². The second-order valence-electron chi connectivity index (χ2n) is 5.79. The molecule has 1 saturated heterocycles. The fourth-order valence-electron chi connectivity index (χ4n) is 2.95. The summed E-state index contributed by atoms with van der Waals surface area (Å²) in [6.07, 6.45) is 6.86. The molecule has 0 N–H and O–H groups in total. The van der Waals surface area contributed by atoms with E-state index < -0.39 is 0 Å². The number of nitrogens with zero attached hydrogens (tertiary/aromatic N) is 7. The number of aryl methyl sites for hydroxylation is 2. The number of aromatic nitrogens is 6. The molecule has 0 unspecified atom stereocenters. The number of rotatable bonds is 3. The molecule has 23 heavy (non-hydrogen) atoms. The van der Waals surface area contributed by atoms with E-state index in [2.05, 4.69) is 25.0 Å². The van der Waals surface area contributed by atoms with E-state index in [0.717, 1.165) is 48.2 Å². The lowest BCUT2D eigenvalue weighted by molar-refractivity contribution is 0.851. The van der Waals surface area contributed by atoms with E-state index in [1.165, 1.54) is 12.8 Å². The highest BCUT2D eigenvalue weighted by atomic mass is 15.3. The molecule has 0 atom stereocenters. The van der Waals surface area contributed by atoms with Gasteiger partial charge >= 0.3 is 0 Å². The molecule has 0 saturated carbocycles. The summed E-state index contributed by atoms with van der Waals surface area (Å²) < 4.78 is 1.80. The van der Waals surface area contributed by atoms with Crippen LogP contribution < -0.4 is 4.90 Å². The first-order valence-electron chi connectivity index (χ1n) is 8.06. The maximum atomic E-state index is 4.73. The minimum Gasteiger partial charge on any atom is -0.341 e. The summed E-state index contributed by atoms with van der Waals surface area (Å²) in [5.74, 6) is 2.24. The SMILES string of the molecule is CCc1nc2ncc(-c3ccnc(N4CCCC4)n3)c(C)n2n1. The number of hydrogen-bond donors (Lipinski definition) is 0. The van der Waals surface area contributed by atoms with E-state index in [9.17, 15) is 0 Å². The molecule has 3 aromatic heterocycles. The molecular weight excluding hydrogens is 290 g/mol. The molecule has 1 fully saturated rings. The molecule has 1 aliphatic heterocycles. The smallest absolute Gasteiger partial charge is 0.252 e. The first-order valence-corrected chi connectivity index (χ1v) is 8.06. The average molecular weight is 309 g/mol. The zero-order valence-corrected chi connectivity index (χ0v) is 13.4. The van der Waals surface area contributed by atoms with Crippen LogP contribution in [0.25, 0.3) is 17.0 Å². The molecule has 0 amide bonds. The monoisotopic (exact) mass is 309 g/mol. The lowest BCUT2D eigenvalue weighted by Gasteiger charge is -2.15. The molecular formula is C16H19N7. The predicted molar refractivity (Wildman–Crippen MR) is 87.4 cm³/mol. The largest absolute Gasteiger partial charge is 0.341 e. The van der Waals surface area contributed by atoms with Crippen LogP contribution >= 0.6 is 0 Å². The highest BCUT2D eigenvalue weighted by Crippen LogP contribution is 2.23. The lowest BCUT2D eigenvalue weighted by Crippen LogP contribution is -2.20. The van der Waals surface area contributed by atoms with Gasteiger partial charge in [0.15, 0.2) is 5.82 Å². The van der Waals surface area contributed by atoms with Crippen LogP contribution in [-0.2, 0) is 6.42 Å². The van der Waals surface area contributed by atoms with Crippen molar-refractivity contribution in [2.24, 2.45) is 0 Å². The Hall–Kier alpha value is -2.57. The zero-order valence-electron chi connectivity index (χ0n) is 13.4. The summed E-state index contributed by atoms with van der Waals surface area (Å²) in [5, 5.41) is 4.51. The Labute approximate surface area is 134 Å². The molecule has 7 heteroatoms. The van der Waals surface area contributed by atoms with Gasteiger partial charge in [-0.1, -0.05) is 6.92 Å². The van der Waals surface area contributed by atoms with Crippen molar-refractivity contribution in [1.82, 2.24) is 29.5 Å². The third kappa shape index (κ3) is 2.42. The van der Waals surface area contributed by atoms with Crippen molar-refractivity contribution in [3.63, 3.8) is 0 Å². The van der Waals surface area contributed by atoms with E-state index in [1.54, 1.807) is 4.52 Å². The van der Waals surface area contributed by atoms with Gasteiger partial charge in [-0.2, -0.15) is 4.98 Å². The van der Waals surface area contributed by atoms with Crippen LogP contribution in [0, 0.1) is 6.92 Å². The predicted octanol–water partition coefficient (Wildman–Crippen LogP) is 2.05. The van der Waals surface area contributed by atoms with E-state index in [-0.39, 0.29) is 0 Å². The highest BCUT2D eigenvalue weighted by Gasteiger charge is 2.17. The normalized spacial score (nSPS) is 14.8. The fraction of sp³-hybridized carbons (Fsp3) is 0.438. The van der Waals surface area contributed by atoms with Gasteiger partial charge in [-0.3, -0.25) is 0 Å². The summed E-state index contributed by atoms with van der Waals surface area (Å²) in [5.41, 5.74) is 2.84. The topological polar surface area (TPSA) is 72.1 Å². The molecule has 0 radical (unpaired) electrons. The Morgan fingerprint density at radius 2 is 1.96 bits per heavy atom. The number of fused-ring (bicyclic) bond motifs is 1. The van der Waals surface area contributed by atoms with Crippen molar-refractivity contribution in [2.45, 2.75) is 33.1 Å². The Morgan fingerprint density at radius 3 is 2.74 bits per heavy atom. The lowest BCUT2D eigenvalue weighted by atomic mass is 10.2. The van der Waals surface area contributed by atoms with E-state index in [0.29, 0.717) is 5.78 Å². The Kier molecular flexibility index (Phi) is 3.40. The van der Waals surface area contributed by atoms with Gasteiger partial charge in [0, 0.05) is 37.5 Å². The maximum Gasteiger partial charge on any atom is 0.252 e. The maximum absolute atomic E-state index is 4.73. The van der Waals surface area contributed by atoms with Crippen molar-refractivity contribution in [3.05, 3.63) is 30.0 Å². The third-order valence-electron chi connectivity index (χ3n) is 4.27. The van der Waals surface area contributed by atoms with Crippen LogP contribution in [0.4, 0.5) is 5.95 Å². The van der Waals surface area contributed by atoms with Crippen LogP contribution in [0.1, 0.15) is 31.3 Å². The fourth-order valence-corrected chi connectivity index (χ4v) is 2.95. The first-order chi connectivity index (χ1) is 11.3. The van der Waals surface area contributed by atoms with Crippen molar-refractivity contribution in [3.8, 4) is 11.3 Å². The van der Waals surface area contributed by atoms with E-state index in [4.69, 9.17) is 4.98 Å². The summed E-state index contributed by atoms with van der Waals surface area (Å²) in [6, 6.07) is 1.92. The van der Waals surface area contributed by atoms with Gasteiger partial charge in [-0.05, 0) is 25.8 Å². The molecule has 7 nitrogen and oxygen atoms in total. The first kappa shape index (κ1) is 14.0. The zero-order chi connectivity index (χ0) is 15.8. The quantitative estimate of drug-likeness (QED) is 0.737. The Bertz CT molecular complexity index is 849. The van der Waals surface area contributed by atoms with E-state index >= 15 is 0 Å². The van der Waals surface area contributed by atoms with Gasteiger partial charge in [0.2, 0.25) is 5.95 Å². The van der Waals surface area contributed by atoms with Gasteiger partial charge in [0.25, 0.3) is 5.78 Å². The van der Waals surface area contributed by atoms with Gasteiger partial charge in [-0.25, -0.2) is 19.5 Å². The molecule has 118 valence electrons. The average Bonchev–Trinajstić information content (AvgIpc) is 3.25. The van der Waals surface area contributed by atoms with Crippen molar-refractivity contribution in [2.75, 3.05) is 18.0 Å². The van der Waals surface area contributed by atoms with Crippen molar-refractivity contribution >= 4 is 11.7 Å². The minimum atomic E-state index is 0.636. The summed E-state index contributed by atoms with van der Waals surface area (Å²) in [7, 11) is 0. The molecule has 3 aromatic rings. The van der Waals surface area contributed by atoms with Crippen molar-refractivity contribution in [1.29, 1.82) is 0 Å².